The van der Waals surface area contributed by atoms with E-state index in [-0.39, 0.29) is 5.91 Å². The number of aromatic nitrogens is 2. The maximum Gasteiger partial charge on any atom is 0.387 e. The number of allylic oxidation sites excluding steroid dienone is 2. The van der Waals surface area contributed by atoms with Crippen LogP contribution in [0.15, 0.2) is 72.6 Å². The van der Waals surface area contributed by atoms with Crippen molar-refractivity contribution in [2.75, 3.05) is 26.4 Å². The predicted molar refractivity (Wildman–Crippen MR) is 189 cm³/mol. The molecule has 4 heterocycles. The van der Waals surface area contributed by atoms with Crippen LogP contribution in [-0.2, 0) is 9.53 Å². The minimum Gasteiger partial charge on any atom is -0.489 e. The Morgan fingerprint density at radius 2 is 1.94 bits per heavy atom. The van der Waals surface area contributed by atoms with Gasteiger partial charge in [-0.2, -0.15) is 0 Å². The standard InChI is InChI=1S/C35H37F2N5O3S2/c1-23-20-24(2)41-31(23)22-28-11-10-27(42(28)47(41,36)37)8-3-4-9-33(43)39-16-17-44-18-19-45-32-13-12-29(30-14-15-40-34(30)32)25-6-5-7-26(21-25)35(38)46/h5-7,10-15,20-22,40H,3-4,8-9,16-19H2,1-2H3,(H2-,38,39,43,46)/p+1. The molecule has 0 aliphatic carbocycles. The lowest BCUT2D eigenvalue weighted by molar-refractivity contribution is -0.302. The van der Waals surface area contributed by atoms with Crippen LogP contribution in [-0.4, -0.2) is 55.9 Å². The van der Waals surface area contributed by atoms with Crippen molar-refractivity contribution in [2.45, 2.75) is 39.5 Å². The van der Waals surface area contributed by atoms with E-state index in [0.29, 0.717) is 79.8 Å². The summed E-state index contributed by atoms with van der Waals surface area (Å²) >= 11 is 0.914. The van der Waals surface area contributed by atoms with Crippen molar-refractivity contribution in [1.82, 2.24) is 14.3 Å². The quantitative estimate of drug-likeness (QED) is 0.0740. The average molecular weight is 679 g/mol. The largest absolute Gasteiger partial charge is 0.489 e. The van der Waals surface area contributed by atoms with E-state index in [2.05, 4.69) is 10.3 Å². The van der Waals surface area contributed by atoms with E-state index in [4.69, 9.17) is 27.4 Å². The summed E-state index contributed by atoms with van der Waals surface area (Å²) in [6, 6.07) is 15.6. The van der Waals surface area contributed by atoms with Crippen LogP contribution in [0.5, 0.6) is 5.75 Å². The van der Waals surface area contributed by atoms with Gasteiger partial charge in [-0.3, -0.25) is 4.79 Å². The number of carbonyl (C=O) groups excluding carboxylic acids is 1. The van der Waals surface area contributed by atoms with Crippen LogP contribution < -0.4 is 15.8 Å². The molecule has 0 saturated heterocycles. The van der Waals surface area contributed by atoms with Crippen LogP contribution in [0.3, 0.4) is 0 Å². The molecule has 0 fully saturated rings. The number of benzene rings is 2. The van der Waals surface area contributed by atoms with Crippen molar-refractivity contribution in [3.05, 3.63) is 95.1 Å². The maximum absolute atomic E-state index is 15.6. The Morgan fingerprint density at radius 1 is 1.09 bits per heavy atom. The Hall–Kier alpha value is -4.26. The number of rotatable bonds is 14. The second kappa shape index (κ2) is 13.8. The third-order valence-corrected chi connectivity index (χ3v) is 10.4. The topological polar surface area (TPSA) is 97.3 Å². The Morgan fingerprint density at radius 3 is 2.77 bits per heavy atom. The Bertz CT molecular complexity index is 1940. The first kappa shape index (κ1) is 32.7. The van der Waals surface area contributed by atoms with Crippen LogP contribution in [0.2, 0.25) is 0 Å². The summed E-state index contributed by atoms with van der Waals surface area (Å²) in [6.45, 7) is 5.04. The third-order valence-electron chi connectivity index (χ3n) is 8.32. The van der Waals surface area contributed by atoms with Gasteiger partial charge in [0.15, 0.2) is 0 Å². The molecule has 0 bridgehead atoms. The number of hydrogen-bond donors (Lipinski definition) is 3. The van der Waals surface area contributed by atoms with Crippen molar-refractivity contribution >= 4 is 57.0 Å². The number of carbonyl (C=O) groups is 1. The van der Waals surface area contributed by atoms with Crippen LogP contribution >= 0.6 is 23.4 Å². The number of aryl methyl sites for hydroxylation is 2. The SMILES string of the molecule is Cc1cc(C)n2c1C=C1C=CC(CCCCC(=O)NCCOCCOc3ccc(-c4cccc(C(N)=S)c4)c4cc[nH]c34)=[N+]1S2(F)F. The molecule has 0 unspecified atom stereocenters. The summed E-state index contributed by atoms with van der Waals surface area (Å²) in [5.41, 5.74) is 12.7. The first-order valence-electron chi connectivity index (χ1n) is 15.6. The minimum atomic E-state index is -4.22. The second-order valence-electron chi connectivity index (χ2n) is 11.6. The molecule has 246 valence electrons. The summed E-state index contributed by atoms with van der Waals surface area (Å²) in [4.78, 5) is 16.0. The molecule has 0 spiro atoms. The molecule has 8 nitrogen and oxygen atoms in total. The Labute approximate surface area is 280 Å². The zero-order chi connectivity index (χ0) is 33.1. The molecule has 0 saturated carbocycles. The number of hydrogen-bond acceptors (Lipinski definition) is 4. The summed E-state index contributed by atoms with van der Waals surface area (Å²) in [5.74, 6) is 0.641. The molecular formula is C35H38F2N5O3S2+. The molecule has 4 aromatic rings. The lowest BCUT2D eigenvalue weighted by Gasteiger charge is -2.25. The van der Waals surface area contributed by atoms with Gasteiger partial charge in [-0.25, -0.2) is 3.97 Å². The number of unbranched alkanes of at least 4 members (excludes halogenated alkanes) is 1. The molecule has 47 heavy (non-hydrogen) atoms. The van der Waals surface area contributed by atoms with Gasteiger partial charge in [0.25, 0.3) is 0 Å². The van der Waals surface area contributed by atoms with Crippen LogP contribution in [0, 0.1) is 13.8 Å². The summed E-state index contributed by atoms with van der Waals surface area (Å²) in [5, 5.41) is 3.89. The van der Waals surface area contributed by atoms with E-state index in [1.165, 1.54) is 7.95 Å². The van der Waals surface area contributed by atoms with Crippen LogP contribution in [0.1, 0.15) is 48.2 Å². The van der Waals surface area contributed by atoms with E-state index in [0.717, 1.165) is 38.9 Å². The highest BCUT2D eigenvalue weighted by Gasteiger charge is 2.50. The third kappa shape index (κ3) is 6.76. The molecule has 2 aliphatic heterocycles. The monoisotopic (exact) mass is 678 g/mol. The number of ether oxygens (including phenoxy) is 2. The van der Waals surface area contributed by atoms with Crippen molar-refractivity contribution < 1.29 is 26.0 Å². The van der Waals surface area contributed by atoms with E-state index in [1.54, 1.807) is 25.1 Å². The highest BCUT2D eigenvalue weighted by molar-refractivity contribution is 8.18. The van der Waals surface area contributed by atoms with E-state index in [1.807, 2.05) is 61.7 Å². The summed E-state index contributed by atoms with van der Waals surface area (Å²) in [7, 11) is 0. The summed E-state index contributed by atoms with van der Waals surface area (Å²) < 4.78 is 45.2. The van der Waals surface area contributed by atoms with Gasteiger partial charge in [-0.15, -0.1) is 0 Å². The van der Waals surface area contributed by atoms with E-state index < -0.39 is 11.2 Å². The molecule has 12 heteroatoms. The van der Waals surface area contributed by atoms with Gasteiger partial charge in [0.1, 0.15) is 17.3 Å². The van der Waals surface area contributed by atoms with Gasteiger partial charge in [-0.05, 0) is 73.7 Å². The van der Waals surface area contributed by atoms with Crippen LogP contribution in [0.25, 0.3) is 28.1 Å². The number of H-pyrrole nitrogens is 1. The molecule has 1 amide bonds. The molecule has 4 N–H and O–H groups in total. The predicted octanol–water partition coefficient (Wildman–Crippen LogP) is 7.29. The number of nitrogens with zero attached hydrogens (tertiary/aromatic N) is 2. The van der Waals surface area contributed by atoms with Gasteiger partial charge in [0.2, 0.25) is 17.3 Å². The normalized spacial score (nSPS) is 15.4. The first-order valence-corrected chi connectivity index (χ1v) is 17.4. The average Bonchev–Trinajstić information content (AvgIpc) is 3.77. The minimum absolute atomic E-state index is 0.0811. The van der Waals surface area contributed by atoms with E-state index >= 15 is 7.77 Å². The zero-order valence-corrected chi connectivity index (χ0v) is 28.0. The number of nitrogens with two attached hydrogens (primary N) is 1. The number of aromatic amines is 1. The van der Waals surface area contributed by atoms with Crippen molar-refractivity contribution in [3.63, 3.8) is 0 Å². The zero-order valence-electron chi connectivity index (χ0n) is 26.4. The number of halogens is 2. The van der Waals surface area contributed by atoms with Crippen LogP contribution in [0.4, 0.5) is 7.77 Å². The molecule has 2 aliphatic rings. The van der Waals surface area contributed by atoms with Gasteiger partial charge in [0, 0.05) is 60.5 Å². The number of nitrogens with one attached hydrogen (secondary N) is 2. The fourth-order valence-corrected chi connectivity index (χ4v) is 8.05. The molecule has 0 radical (unpaired) electrons. The van der Waals surface area contributed by atoms with Crippen molar-refractivity contribution in [3.8, 4) is 16.9 Å². The van der Waals surface area contributed by atoms with Crippen molar-refractivity contribution in [1.29, 1.82) is 0 Å². The molecule has 2 aromatic heterocycles. The van der Waals surface area contributed by atoms with Gasteiger partial charge < -0.3 is 25.5 Å². The fraction of sp³-hybridized carbons (Fsp3) is 0.286. The van der Waals surface area contributed by atoms with E-state index in [9.17, 15) is 4.79 Å². The lowest BCUT2D eigenvalue weighted by Crippen LogP contribution is -2.27. The first-order chi connectivity index (χ1) is 22.6. The molecule has 6 rings (SSSR count). The Kier molecular flexibility index (Phi) is 9.62. The maximum atomic E-state index is 15.6. The molecule has 0 atom stereocenters. The molecular weight excluding hydrogens is 641 g/mol. The fourth-order valence-electron chi connectivity index (χ4n) is 6.12. The highest BCUT2D eigenvalue weighted by atomic mass is 32.3. The number of amides is 1. The molecule has 2 aromatic carbocycles. The second-order valence-corrected chi connectivity index (χ2v) is 13.6. The number of thiocarbonyl (C=S) groups is 1. The van der Waals surface area contributed by atoms with Gasteiger partial charge in [-0.1, -0.05) is 42.2 Å². The Balaban J connectivity index is 0.897. The highest BCUT2D eigenvalue weighted by Crippen LogP contribution is 2.60. The smallest absolute Gasteiger partial charge is 0.387 e. The van der Waals surface area contributed by atoms with Gasteiger partial charge >= 0.3 is 11.2 Å². The van der Waals surface area contributed by atoms with Crippen molar-refractivity contribution in [2.24, 2.45) is 5.73 Å². The van der Waals surface area contributed by atoms with Gasteiger partial charge in [0.05, 0.1) is 24.4 Å². The summed E-state index contributed by atoms with van der Waals surface area (Å²) in [6.07, 6.45) is 9.31. The number of fused-ring (bicyclic) bond motifs is 3. The lowest BCUT2D eigenvalue weighted by atomic mass is 9.99.